The van der Waals surface area contributed by atoms with E-state index in [1.54, 1.807) is 0 Å². The first-order valence-corrected chi connectivity index (χ1v) is 6.81. The van der Waals surface area contributed by atoms with Crippen LogP contribution in [-0.2, 0) is 20.4 Å². The van der Waals surface area contributed by atoms with E-state index in [9.17, 15) is 32.9 Å². The first-order chi connectivity index (χ1) is 11.6. The molecule has 0 bridgehead atoms. The molecule has 136 valence electrons. The molecule has 1 aliphatic carbocycles. The van der Waals surface area contributed by atoms with E-state index in [-0.39, 0.29) is 12.8 Å². The fourth-order valence-corrected chi connectivity index (χ4v) is 2.16. The number of benzene rings is 1. The molecule has 0 N–H and O–H groups in total. The first kappa shape index (κ1) is 18.5. The Labute approximate surface area is 138 Å². The van der Waals surface area contributed by atoms with Gasteiger partial charge in [0.25, 0.3) is 0 Å². The molecule has 0 unspecified atom stereocenters. The van der Waals surface area contributed by atoms with Crippen LogP contribution in [0.1, 0.15) is 28.8 Å². The minimum Gasteiger partial charge on any atom is -0.468 e. The number of hydrogen-bond donors (Lipinski definition) is 0. The maximum atomic E-state index is 13.2. The Morgan fingerprint density at radius 2 is 1.80 bits per heavy atom. The summed E-state index contributed by atoms with van der Waals surface area (Å²) < 4.78 is 53.5. The van der Waals surface area contributed by atoms with Crippen molar-refractivity contribution in [1.29, 1.82) is 0 Å². The molecular formula is C14H12F3NO7. The van der Waals surface area contributed by atoms with E-state index in [1.807, 2.05) is 0 Å². The summed E-state index contributed by atoms with van der Waals surface area (Å²) in [6.45, 7) is 0. The number of nitrogens with zero attached hydrogens (tertiary/aromatic N) is 1. The van der Waals surface area contributed by atoms with Gasteiger partial charge < -0.3 is 14.2 Å². The van der Waals surface area contributed by atoms with Crippen LogP contribution < -0.4 is 4.74 Å². The highest BCUT2D eigenvalue weighted by Gasteiger charge is 2.55. The molecule has 8 nitrogen and oxygen atoms in total. The number of nitro groups is 1. The van der Waals surface area contributed by atoms with Crippen LogP contribution in [0.5, 0.6) is 5.75 Å². The molecule has 0 atom stereocenters. The third-order valence-electron chi connectivity index (χ3n) is 3.57. The summed E-state index contributed by atoms with van der Waals surface area (Å²) in [4.78, 5) is 33.4. The van der Waals surface area contributed by atoms with Gasteiger partial charge in [-0.25, -0.2) is 9.59 Å². The van der Waals surface area contributed by atoms with Crippen LogP contribution in [0.15, 0.2) is 12.1 Å². The number of halogens is 3. The van der Waals surface area contributed by atoms with Gasteiger partial charge in [-0.05, 0) is 0 Å². The van der Waals surface area contributed by atoms with Gasteiger partial charge in [0.1, 0.15) is 0 Å². The maximum absolute atomic E-state index is 13.2. The van der Waals surface area contributed by atoms with Crippen LogP contribution in [0.2, 0.25) is 0 Å². The zero-order valence-corrected chi connectivity index (χ0v) is 13.0. The van der Waals surface area contributed by atoms with Crippen molar-refractivity contribution in [3.8, 4) is 5.75 Å². The van der Waals surface area contributed by atoms with Crippen LogP contribution in [0, 0.1) is 10.1 Å². The lowest BCUT2D eigenvalue weighted by Crippen LogP contribution is -2.31. The van der Waals surface area contributed by atoms with Crippen molar-refractivity contribution in [3.63, 3.8) is 0 Å². The summed E-state index contributed by atoms with van der Waals surface area (Å²) in [5.74, 6) is -3.03. The minimum absolute atomic E-state index is 0.136. The average Bonchev–Trinajstić information content (AvgIpc) is 3.32. The molecule has 1 saturated carbocycles. The Hall–Kier alpha value is -2.85. The molecule has 0 heterocycles. The number of carbonyl (C=O) groups excluding carboxylic acids is 2. The Balaban J connectivity index is 2.61. The molecule has 1 aliphatic rings. The molecule has 1 aromatic carbocycles. The van der Waals surface area contributed by atoms with Crippen molar-refractivity contribution < 1.29 is 41.9 Å². The largest absolute Gasteiger partial charge is 0.468 e. The molecule has 1 fully saturated rings. The van der Waals surface area contributed by atoms with E-state index < -0.39 is 51.2 Å². The lowest BCUT2D eigenvalue weighted by molar-refractivity contribution is -0.386. The Morgan fingerprint density at radius 1 is 1.20 bits per heavy atom. The van der Waals surface area contributed by atoms with Crippen LogP contribution >= 0.6 is 0 Å². The van der Waals surface area contributed by atoms with Crippen molar-refractivity contribution in [3.05, 3.63) is 33.4 Å². The van der Waals surface area contributed by atoms with E-state index in [2.05, 4.69) is 9.47 Å². The van der Waals surface area contributed by atoms with E-state index in [1.165, 1.54) is 0 Å². The lowest BCUT2D eigenvalue weighted by Gasteiger charge is -2.18. The molecule has 0 radical (unpaired) electrons. The second kappa shape index (κ2) is 6.22. The number of esters is 2. The number of rotatable bonds is 5. The van der Waals surface area contributed by atoms with Gasteiger partial charge in [-0.1, -0.05) is 0 Å². The van der Waals surface area contributed by atoms with Gasteiger partial charge >= 0.3 is 23.8 Å². The van der Waals surface area contributed by atoms with E-state index in [4.69, 9.17) is 4.74 Å². The second-order valence-electron chi connectivity index (χ2n) is 5.20. The Bertz CT molecular complexity index is 741. The monoisotopic (exact) mass is 363 g/mol. The predicted molar refractivity (Wildman–Crippen MR) is 74.0 cm³/mol. The highest BCUT2D eigenvalue weighted by atomic mass is 19.4. The van der Waals surface area contributed by atoms with Crippen molar-refractivity contribution >= 4 is 17.6 Å². The highest BCUT2D eigenvalue weighted by molar-refractivity contribution is 5.93. The summed E-state index contributed by atoms with van der Waals surface area (Å²) in [6.07, 6.45) is -4.73. The summed E-state index contributed by atoms with van der Waals surface area (Å²) in [7, 11) is 1.90. The molecule has 0 amide bonds. The third kappa shape index (κ3) is 3.49. The van der Waals surface area contributed by atoms with Gasteiger partial charge in [0.2, 0.25) is 5.60 Å². The molecule has 11 heteroatoms. The molecule has 0 aliphatic heterocycles. The quantitative estimate of drug-likeness (QED) is 0.449. The summed E-state index contributed by atoms with van der Waals surface area (Å²) in [6, 6.07) is 0.727. The van der Waals surface area contributed by atoms with Crippen molar-refractivity contribution in [2.45, 2.75) is 24.6 Å². The number of alkyl halides is 3. The zero-order chi connectivity index (χ0) is 19.0. The van der Waals surface area contributed by atoms with Crippen LogP contribution in [-0.4, -0.2) is 36.7 Å². The standard InChI is InChI=1S/C14H12F3NO7/c1-23-11(19)7-5-9(18(21)22)10(6-8(7)14(15,16)17)25-13(3-4-13)12(20)24-2/h5-6H,3-4H2,1-2H3. The predicted octanol–water partition coefficient (Wildman–Crippen LogP) is 2.48. The molecule has 2 rings (SSSR count). The van der Waals surface area contributed by atoms with E-state index in [0.29, 0.717) is 12.1 Å². The van der Waals surface area contributed by atoms with E-state index >= 15 is 0 Å². The van der Waals surface area contributed by atoms with Gasteiger partial charge in [-0.3, -0.25) is 10.1 Å². The number of nitro benzene ring substituents is 1. The zero-order valence-electron chi connectivity index (χ0n) is 13.0. The third-order valence-corrected chi connectivity index (χ3v) is 3.57. The summed E-state index contributed by atoms with van der Waals surface area (Å²) in [5, 5.41) is 11.2. The number of carbonyl (C=O) groups is 2. The highest BCUT2D eigenvalue weighted by Crippen LogP contribution is 2.46. The smallest absolute Gasteiger partial charge is 0.417 e. The maximum Gasteiger partial charge on any atom is 0.417 e. The Kier molecular flexibility index (Phi) is 4.60. The topological polar surface area (TPSA) is 105 Å². The summed E-state index contributed by atoms with van der Waals surface area (Å²) in [5.41, 5.74) is -4.96. The second-order valence-corrected chi connectivity index (χ2v) is 5.20. The number of methoxy groups -OCH3 is 2. The molecule has 0 spiro atoms. The number of hydrogen-bond acceptors (Lipinski definition) is 7. The van der Waals surface area contributed by atoms with Gasteiger partial charge in [0.05, 0.1) is 30.3 Å². The van der Waals surface area contributed by atoms with Crippen molar-refractivity contribution in [2.24, 2.45) is 0 Å². The molecule has 25 heavy (non-hydrogen) atoms. The van der Waals surface area contributed by atoms with Crippen LogP contribution in [0.25, 0.3) is 0 Å². The lowest BCUT2D eigenvalue weighted by atomic mass is 10.0. The van der Waals surface area contributed by atoms with Gasteiger partial charge in [-0.15, -0.1) is 0 Å². The van der Waals surface area contributed by atoms with Gasteiger partial charge in [0.15, 0.2) is 5.75 Å². The fourth-order valence-electron chi connectivity index (χ4n) is 2.16. The average molecular weight is 363 g/mol. The minimum atomic E-state index is -5.00. The SMILES string of the molecule is COC(=O)c1cc([N+](=O)[O-])c(OC2(C(=O)OC)CC2)cc1C(F)(F)F. The first-order valence-electron chi connectivity index (χ1n) is 6.81. The molecule has 1 aromatic rings. The van der Waals surface area contributed by atoms with Gasteiger partial charge in [0, 0.05) is 25.0 Å². The van der Waals surface area contributed by atoms with Crippen molar-refractivity contribution in [1.82, 2.24) is 0 Å². The molecule has 0 saturated heterocycles. The fraction of sp³-hybridized carbons (Fsp3) is 0.429. The molecule has 0 aromatic heterocycles. The van der Waals surface area contributed by atoms with E-state index in [0.717, 1.165) is 14.2 Å². The Morgan fingerprint density at radius 3 is 2.20 bits per heavy atom. The van der Waals surface area contributed by atoms with Crippen LogP contribution in [0.3, 0.4) is 0 Å². The normalized spacial score (nSPS) is 15.2. The van der Waals surface area contributed by atoms with Gasteiger partial charge in [-0.2, -0.15) is 13.2 Å². The summed E-state index contributed by atoms with van der Waals surface area (Å²) >= 11 is 0. The molecular weight excluding hydrogens is 351 g/mol. The van der Waals surface area contributed by atoms with Crippen LogP contribution in [0.4, 0.5) is 18.9 Å². The van der Waals surface area contributed by atoms with Crippen molar-refractivity contribution in [2.75, 3.05) is 14.2 Å². The number of ether oxygens (including phenoxy) is 3.